The van der Waals surface area contributed by atoms with E-state index in [1.54, 1.807) is 0 Å². The molecule has 10 nitrogen and oxygen atoms in total. The number of halogens is 1. The predicted octanol–water partition coefficient (Wildman–Crippen LogP) is 2.29. The molecule has 2 aromatic rings. The summed E-state index contributed by atoms with van der Waals surface area (Å²) >= 11 is 5.91. The van der Waals surface area contributed by atoms with Crippen molar-refractivity contribution in [3.05, 3.63) is 35.2 Å². The Labute approximate surface area is 165 Å². The number of esters is 1. The van der Waals surface area contributed by atoms with Crippen molar-refractivity contribution >= 4 is 29.6 Å². The van der Waals surface area contributed by atoms with E-state index in [4.69, 9.17) is 21.4 Å². The molecule has 0 bridgehead atoms. The highest BCUT2D eigenvalue weighted by atomic mass is 35.5. The van der Waals surface area contributed by atoms with Crippen LogP contribution in [-0.4, -0.2) is 69.8 Å². The number of aromatic nitrogens is 3. The summed E-state index contributed by atoms with van der Waals surface area (Å²) in [5, 5.41) is 9.23. The molecular formula is C17H18ClN5O5. The Hall–Kier alpha value is -3.14. The molecule has 0 saturated carbocycles. The van der Waals surface area contributed by atoms with Crippen LogP contribution in [0.4, 0.5) is 10.7 Å². The van der Waals surface area contributed by atoms with Crippen molar-refractivity contribution in [1.29, 1.82) is 0 Å². The van der Waals surface area contributed by atoms with Crippen molar-refractivity contribution in [3.63, 3.8) is 0 Å². The van der Waals surface area contributed by atoms with Crippen LogP contribution in [0.5, 0.6) is 11.6 Å². The van der Waals surface area contributed by atoms with Crippen molar-refractivity contribution in [2.45, 2.75) is 13.0 Å². The van der Waals surface area contributed by atoms with Gasteiger partial charge < -0.3 is 24.4 Å². The van der Waals surface area contributed by atoms with Crippen LogP contribution in [0.3, 0.4) is 0 Å². The largest absolute Gasteiger partial charge is 0.465 e. The summed E-state index contributed by atoms with van der Waals surface area (Å²) in [5.74, 6) is 0.327. The van der Waals surface area contributed by atoms with E-state index in [1.165, 1.54) is 36.5 Å². The molecule has 0 radical (unpaired) electrons. The fraction of sp³-hybridized carbons (Fsp3) is 0.353. The number of piperazine rings is 1. The first-order chi connectivity index (χ1) is 13.4. The van der Waals surface area contributed by atoms with Gasteiger partial charge >= 0.3 is 12.1 Å². The van der Waals surface area contributed by atoms with E-state index in [1.807, 2.05) is 11.8 Å². The number of rotatable bonds is 4. The number of anilines is 1. The van der Waals surface area contributed by atoms with E-state index in [9.17, 15) is 9.59 Å². The highest BCUT2D eigenvalue weighted by Gasteiger charge is 2.28. The van der Waals surface area contributed by atoms with Gasteiger partial charge in [0, 0.05) is 31.7 Å². The van der Waals surface area contributed by atoms with Gasteiger partial charge in [-0.05, 0) is 13.0 Å². The number of carboxylic acid groups (broad SMARTS) is 1. The SMILES string of the molecule is COC(=O)c1cc(Cl)nc(Oc2cnc(N3CCN(C(=O)O)[C@@H](C)C3)nc2)c1. The molecule has 1 saturated heterocycles. The maximum absolute atomic E-state index is 11.6. The lowest BCUT2D eigenvalue weighted by molar-refractivity contribution is 0.0600. The van der Waals surface area contributed by atoms with Crippen molar-refractivity contribution in [1.82, 2.24) is 19.9 Å². The Morgan fingerprint density at radius 3 is 2.57 bits per heavy atom. The summed E-state index contributed by atoms with van der Waals surface area (Å²) in [7, 11) is 1.26. The Balaban J connectivity index is 1.69. The minimum absolute atomic E-state index is 0.0840. The number of ether oxygens (including phenoxy) is 2. The second-order valence-electron chi connectivity index (χ2n) is 6.10. The Morgan fingerprint density at radius 1 is 1.25 bits per heavy atom. The lowest BCUT2D eigenvalue weighted by Gasteiger charge is -2.38. The maximum Gasteiger partial charge on any atom is 0.407 e. The van der Waals surface area contributed by atoms with E-state index < -0.39 is 12.1 Å². The van der Waals surface area contributed by atoms with Crippen LogP contribution in [0.15, 0.2) is 24.5 Å². The van der Waals surface area contributed by atoms with Crippen molar-refractivity contribution < 1.29 is 24.2 Å². The van der Waals surface area contributed by atoms with E-state index in [-0.39, 0.29) is 22.6 Å². The molecule has 1 N–H and O–H groups in total. The first-order valence-electron chi connectivity index (χ1n) is 8.37. The van der Waals surface area contributed by atoms with Crippen LogP contribution in [0, 0.1) is 0 Å². The van der Waals surface area contributed by atoms with E-state index >= 15 is 0 Å². The van der Waals surface area contributed by atoms with Gasteiger partial charge in [-0.25, -0.2) is 24.5 Å². The number of carbonyl (C=O) groups excluding carboxylic acids is 1. The Morgan fingerprint density at radius 2 is 1.96 bits per heavy atom. The van der Waals surface area contributed by atoms with Crippen LogP contribution >= 0.6 is 11.6 Å². The Kier molecular flexibility index (Phi) is 5.78. The number of methoxy groups -OCH3 is 1. The molecule has 3 rings (SSSR count). The quantitative estimate of drug-likeness (QED) is 0.601. The third-order valence-electron chi connectivity index (χ3n) is 4.18. The molecule has 0 spiro atoms. The maximum atomic E-state index is 11.6. The second-order valence-corrected chi connectivity index (χ2v) is 6.49. The lowest BCUT2D eigenvalue weighted by atomic mass is 10.2. The van der Waals surface area contributed by atoms with Gasteiger partial charge in [-0.1, -0.05) is 11.6 Å². The topological polar surface area (TPSA) is 118 Å². The van der Waals surface area contributed by atoms with Crippen LogP contribution in [-0.2, 0) is 4.74 Å². The normalized spacial score (nSPS) is 16.6. The average molecular weight is 408 g/mol. The van der Waals surface area contributed by atoms with Gasteiger partial charge in [0.05, 0.1) is 25.1 Å². The van der Waals surface area contributed by atoms with Gasteiger partial charge in [0.15, 0.2) is 5.75 Å². The zero-order chi connectivity index (χ0) is 20.3. The number of hydrogen-bond acceptors (Lipinski definition) is 8. The molecule has 1 amide bonds. The van der Waals surface area contributed by atoms with Gasteiger partial charge in [0.1, 0.15) is 5.15 Å². The number of pyridine rings is 1. The Bertz CT molecular complexity index is 879. The molecule has 0 unspecified atom stereocenters. The highest BCUT2D eigenvalue weighted by Crippen LogP contribution is 2.23. The zero-order valence-electron chi connectivity index (χ0n) is 15.2. The lowest BCUT2D eigenvalue weighted by Crippen LogP contribution is -2.54. The van der Waals surface area contributed by atoms with Gasteiger partial charge in [0.25, 0.3) is 0 Å². The smallest absolute Gasteiger partial charge is 0.407 e. The van der Waals surface area contributed by atoms with Crippen molar-refractivity contribution in [2.75, 3.05) is 31.6 Å². The molecule has 28 heavy (non-hydrogen) atoms. The second kappa shape index (κ2) is 8.26. The molecule has 2 aromatic heterocycles. The van der Waals surface area contributed by atoms with Gasteiger partial charge in [-0.15, -0.1) is 0 Å². The van der Waals surface area contributed by atoms with Gasteiger partial charge in [0.2, 0.25) is 11.8 Å². The molecule has 1 atom stereocenters. The van der Waals surface area contributed by atoms with Crippen LogP contribution in [0.1, 0.15) is 17.3 Å². The molecule has 0 aromatic carbocycles. The summed E-state index contributed by atoms with van der Waals surface area (Å²) in [6.07, 6.45) is 2.01. The summed E-state index contributed by atoms with van der Waals surface area (Å²) in [6.45, 7) is 3.20. The van der Waals surface area contributed by atoms with E-state index in [0.29, 0.717) is 31.3 Å². The molecular weight excluding hydrogens is 390 g/mol. The number of nitrogens with zero attached hydrogens (tertiary/aromatic N) is 5. The van der Waals surface area contributed by atoms with Gasteiger partial charge in [-0.2, -0.15) is 0 Å². The molecule has 1 aliphatic rings. The van der Waals surface area contributed by atoms with Crippen LogP contribution in [0.25, 0.3) is 0 Å². The molecule has 1 aliphatic heterocycles. The van der Waals surface area contributed by atoms with Crippen molar-refractivity contribution in [3.8, 4) is 11.6 Å². The van der Waals surface area contributed by atoms with E-state index in [2.05, 4.69) is 19.7 Å². The number of hydrogen-bond donors (Lipinski definition) is 1. The third kappa shape index (κ3) is 4.39. The molecule has 11 heteroatoms. The number of amides is 1. The fourth-order valence-corrected chi connectivity index (χ4v) is 3.03. The summed E-state index contributed by atoms with van der Waals surface area (Å²) in [4.78, 5) is 38.6. The first-order valence-corrected chi connectivity index (χ1v) is 8.75. The summed E-state index contributed by atoms with van der Waals surface area (Å²) in [5.41, 5.74) is 0.209. The zero-order valence-corrected chi connectivity index (χ0v) is 16.0. The summed E-state index contributed by atoms with van der Waals surface area (Å²) in [6, 6.07) is 2.61. The van der Waals surface area contributed by atoms with E-state index in [0.717, 1.165) is 0 Å². The third-order valence-corrected chi connectivity index (χ3v) is 4.38. The predicted molar refractivity (Wildman–Crippen MR) is 99.1 cm³/mol. The minimum atomic E-state index is -0.933. The summed E-state index contributed by atoms with van der Waals surface area (Å²) < 4.78 is 10.2. The number of carbonyl (C=O) groups is 2. The van der Waals surface area contributed by atoms with Gasteiger partial charge in [-0.3, -0.25) is 0 Å². The van der Waals surface area contributed by atoms with Crippen LogP contribution in [0.2, 0.25) is 5.15 Å². The molecule has 1 fully saturated rings. The molecule has 3 heterocycles. The van der Waals surface area contributed by atoms with Crippen molar-refractivity contribution in [2.24, 2.45) is 0 Å². The minimum Gasteiger partial charge on any atom is -0.465 e. The fourth-order valence-electron chi connectivity index (χ4n) is 2.83. The standard InChI is InChI=1S/C17H18ClN5O5/c1-10-9-22(3-4-23(10)17(25)26)16-19-7-12(8-20-16)28-14-6-11(15(24)27-2)5-13(18)21-14/h5-8,10H,3-4,9H2,1-2H3,(H,25,26)/t10-/m0/s1. The first kappa shape index (κ1) is 19.6. The highest BCUT2D eigenvalue weighted by molar-refractivity contribution is 6.29. The monoisotopic (exact) mass is 407 g/mol. The molecule has 0 aliphatic carbocycles. The molecule has 148 valence electrons. The van der Waals surface area contributed by atoms with Crippen LogP contribution < -0.4 is 9.64 Å². The average Bonchev–Trinajstić information content (AvgIpc) is 2.67.